The van der Waals surface area contributed by atoms with Crippen LogP contribution in [0.5, 0.6) is 0 Å². The molecular weight excluding hydrogens is 198 g/mol. The largest absolute Gasteiger partial charge is 0.394 e. The molecule has 1 aromatic heterocycles. The van der Waals surface area contributed by atoms with E-state index in [9.17, 15) is 0 Å². The second-order valence-corrected chi connectivity index (χ2v) is 3.86. The van der Waals surface area contributed by atoms with Gasteiger partial charge in [-0.25, -0.2) is 0 Å². The van der Waals surface area contributed by atoms with Gasteiger partial charge in [0.1, 0.15) is 0 Å². The lowest BCUT2D eigenvalue weighted by atomic mass is 10.1. The number of hydrogen-bond donors (Lipinski definition) is 2. The van der Waals surface area contributed by atoms with Gasteiger partial charge in [0.15, 0.2) is 5.82 Å². The van der Waals surface area contributed by atoms with Crippen LogP contribution in [0.15, 0.2) is 4.52 Å². The highest BCUT2D eigenvalue weighted by Gasteiger charge is 2.28. The molecule has 6 nitrogen and oxygen atoms in total. The third-order valence-corrected chi connectivity index (χ3v) is 2.53. The van der Waals surface area contributed by atoms with Gasteiger partial charge in [-0.05, 0) is 13.3 Å². The van der Waals surface area contributed by atoms with Crippen molar-refractivity contribution in [1.29, 1.82) is 0 Å². The van der Waals surface area contributed by atoms with Gasteiger partial charge in [0.05, 0.1) is 31.3 Å². The van der Waals surface area contributed by atoms with E-state index < -0.39 is 6.04 Å². The topological polar surface area (TPSA) is 94.4 Å². The van der Waals surface area contributed by atoms with Gasteiger partial charge < -0.3 is 20.1 Å². The molecule has 0 amide bonds. The predicted molar refractivity (Wildman–Crippen MR) is 51.1 cm³/mol. The first kappa shape index (κ1) is 10.5. The van der Waals surface area contributed by atoms with Crippen LogP contribution in [0.2, 0.25) is 0 Å². The van der Waals surface area contributed by atoms with Crippen LogP contribution in [0.3, 0.4) is 0 Å². The Morgan fingerprint density at radius 2 is 2.47 bits per heavy atom. The number of aliphatic hydroxyl groups is 1. The first-order valence-electron chi connectivity index (χ1n) is 5.02. The van der Waals surface area contributed by atoms with E-state index in [0.717, 1.165) is 6.42 Å². The van der Waals surface area contributed by atoms with E-state index in [-0.39, 0.29) is 18.6 Å². The Bertz CT molecular complexity index is 328. The normalized spacial score (nSPS) is 28.2. The van der Waals surface area contributed by atoms with E-state index in [2.05, 4.69) is 10.1 Å². The number of rotatable bonds is 3. The lowest BCUT2D eigenvalue weighted by Crippen LogP contribution is -2.16. The second-order valence-electron chi connectivity index (χ2n) is 3.86. The lowest BCUT2D eigenvalue weighted by molar-refractivity contribution is 0.122. The Morgan fingerprint density at radius 3 is 3.07 bits per heavy atom. The van der Waals surface area contributed by atoms with Gasteiger partial charge in [0, 0.05) is 0 Å². The zero-order valence-corrected chi connectivity index (χ0v) is 8.59. The van der Waals surface area contributed by atoms with Crippen molar-refractivity contribution in [2.45, 2.75) is 31.4 Å². The molecule has 3 unspecified atom stereocenters. The van der Waals surface area contributed by atoms with Crippen molar-refractivity contribution < 1.29 is 14.4 Å². The van der Waals surface area contributed by atoms with Crippen LogP contribution in [-0.4, -0.2) is 34.6 Å². The molecule has 0 saturated carbocycles. The summed E-state index contributed by atoms with van der Waals surface area (Å²) in [4.78, 5) is 4.15. The maximum Gasteiger partial charge on any atom is 0.232 e. The standard InChI is InChI=1S/C9H15N3O3/c1-5-2-6(4-14-5)9-11-8(12-15-9)7(10)3-13/h5-7,13H,2-4,10H2,1H3. The van der Waals surface area contributed by atoms with Crippen molar-refractivity contribution in [3.05, 3.63) is 11.7 Å². The van der Waals surface area contributed by atoms with Crippen molar-refractivity contribution in [2.75, 3.05) is 13.2 Å². The van der Waals surface area contributed by atoms with Gasteiger partial charge in [0.25, 0.3) is 0 Å². The van der Waals surface area contributed by atoms with Gasteiger partial charge in [0.2, 0.25) is 5.89 Å². The maximum absolute atomic E-state index is 8.83. The van der Waals surface area contributed by atoms with Crippen molar-refractivity contribution in [2.24, 2.45) is 5.73 Å². The first-order valence-corrected chi connectivity index (χ1v) is 5.02. The van der Waals surface area contributed by atoms with E-state index in [1.807, 2.05) is 6.92 Å². The van der Waals surface area contributed by atoms with Gasteiger partial charge in [-0.2, -0.15) is 4.98 Å². The van der Waals surface area contributed by atoms with E-state index in [4.69, 9.17) is 20.1 Å². The Morgan fingerprint density at radius 1 is 1.67 bits per heavy atom. The quantitative estimate of drug-likeness (QED) is 0.731. The molecule has 15 heavy (non-hydrogen) atoms. The molecule has 0 spiro atoms. The molecule has 0 radical (unpaired) electrons. The molecule has 1 saturated heterocycles. The summed E-state index contributed by atoms with van der Waals surface area (Å²) in [6.45, 7) is 2.43. The summed E-state index contributed by atoms with van der Waals surface area (Å²) in [5, 5.41) is 12.6. The van der Waals surface area contributed by atoms with Crippen LogP contribution in [-0.2, 0) is 4.74 Å². The van der Waals surface area contributed by atoms with Crippen LogP contribution in [0.4, 0.5) is 0 Å². The average Bonchev–Trinajstić information content (AvgIpc) is 2.84. The van der Waals surface area contributed by atoms with Crippen LogP contribution >= 0.6 is 0 Å². The van der Waals surface area contributed by atoms with Crippen LogP contribution in [0.25, 0.3) is 0 Å². The SMILES string of the molecule is CC1CC(c2nc(C(N)CO)no2)CO1. The van der Waals surface area contributed by atoms with E-state index in [1.165, 1.54) is 0 Å². The molecule has 1 aliphatic rings. The van der Waals surface area contributed by atoms with Crippen molar-refractivity contribution in [3.63, 3.8) is 0 Å². The molecule has 2 heterocycles. The summed E-state index contributed by atoms with van der Waals surface area (Å²) < 4.78 is 10.5. The maximum atomic E-state index is 8.83. The fourth-order valence-corrected chi connectivity index (χ4v) is 1.63. The fraction of sp³-hybridized carbons (Fsp3) is 0.778. The van der Waals surface area contributed by atoms with E-state index >= 15 is 0 Å². The van der Waals surface area contributed by atoms with E-state index in [0.29, 0.717) is 18.3 Å². The first-order chi connectivity index (χ1) is 7.20. The van der Waals surface area contributed by atoms with Gasteiger partial charge in [-0.3, -0.25) is 0 Å². The number of nitrogens with two attached hydrogens (primary N) is 1. The molecule has 3 N–H and O–H groups in total. The summed E-state index contributed by atoms with van der Waals surface area (Å²) in [7, 11) is 0. The molecule has 2 rings (SSSR count). The Kier molecular flexibility index (Phi) is 2.99. The molecule has 0 bridgehead atoms. The highest BCUT2D eigenvalue weighted by molar-refractivity contribution is 4.99. The van der Waals surface area contributed by atoms with Crippen LogP contribution in [0, 0.1) is 0 Å². The van der Waals surface area contributed by atoms with Crippen LogP contribution in [0.1, 0.15) is 37.0 Å². The Labute approximate surface area is 87.4 Å². The summed E-state index contributed by atoms with van der Waals surface area (Å²) in [6, 6.07) is -0.567. The molecular formula is C9H15N3O3. The number of ether oxygens (including phenoxy) is 1. The third kappa shape index (κ3) is 2.17. The lowest BCUT2D eigenvalue weighted by Gasteiger charge is -2.00. The van der Waals surface area contributed by atoms with Gasteiger partial charge in [-0.15, -0.1) is 0 Å². The number of hydrogen-bond acceptors (Lipinski definition) is 6. The van der Waals surface area contributed by atoms with Gasteiger partial charge >= 0.3 is 0 Å². The minimum atomic E-state index is -0.567. The Hall–Kier alpha value is -0.980. The van der Waals surface area contributed by atoms with Crippen molar-refractivity contribution in [3.8, 4) is 0 Å². The summed E-state index contributed by atoms with van der Waals surface area (Å²) in [6.07, 6.45) is 1.12. The van der Waals surface area contributed by atoms with E-state index in [1.54, 1.807) is 0 Å². The van der Waals surface area contributed by atoms with Gasteiger partial charge in [-0.1, -0.05) is 5.16 Å². The minimum absolute atomic E-state index is 0.159. The predicted octanol–water partition coefficient (Wildman–Crippen LogP) is -0.0459. The number of aromatic nitrogens is 2. The summed E-state index contributed by atoms with van der Waals surface area (Å²) >= 11 is 0. The Balaban J connectivity index is 2.07. The average molecular weight is 213 g/mol. The monoisotopic (exact) mass is 213 g/mol. The smallest absolute Gasteiger partial charge is 0.232 e. The highest BCUT2D eigenvalue weighted by Crippen LogP contribution is 2.28. The summed E-state index contributed by atoms with van der Waals surface area (Å²) in [5.41, 5.74) is 5.57. The molecule has 1 aliphatic heterocycles. The number of aliphatic hydroxyl groups excluding tert-OH is 1. The highest BCUT2D eigenvalue weighted by atomic mass is 16.5. The summed E-state index contributed by atoms with van der Waals surface area (Å²) in [5.74, 6) is 1.07. The second kappa shape index (κ2) is 4.26. The zero-order chi connectivity index (χ0) is 10.8. The van der Waals surface area contributed by atoms with Crippen molar-refractivity contribution in [1.82, 2.24) is 10.1 Å². The van der Waals surface area contributed by atoms with Crippen LogP contribution < -0.4 is 5.73 Å². The molecule has 0 aliphatic carbocycles. The third-order valence-electron chi connectivity index (χ3n) is 2.53. The molecule has 84 valence electrons. The van der Waals surface area contributed by atoms with Crippen molar-refractivity contribution >= 4 is 0 Å². The fourth-order valence-electron chi connectivity index (χ4n) is 1.63. The molecule has 1 fully saturated rings. The minimum Gasteiger partial charge on any atom is -0.394 e. The molecule has 1 aromatic rings. The molecule has 6 heteroatoms. The molecule has 0 aromatic carbocycles. The number of nitrogens with zero attached hydrogens (tertiary/aromatic N) is 2. The zero-order valence-electron chi connectivity index (χ0n) is 8.59. The molecule has 3 atom stereocenters.